The van der Waals surface area contributed by atoms with E-state index in [9.17, 15) is 0 Å². The van der Waals surface area contributed by atoms with Crippen LogP contribution in [0.2, 0.25) is 0 Å². The molecule has 0 saturated carbocycles. The molecule has 4 nitrogen and oxygen atoms in total. The van der Waals surface area contributed by atoms with Gasteiger partial charge in [-0.2, -0.15) is 0 Å². The normalized spacial score (nSPS) is 10.1. The van der Waals surface area contributed by atoms with Crippen LogP contribution >= 0.6 is 12.4 Å². The molecule has 0 aromatic heterocycles. The second-order valence-corrected chi connectivity index (χ2v) is 6.37. The minimum absolute atomic E-state index is 0. The van der Waals surface area contributed by atoms with E-state index in [1.165, 1.54) is 0 Å². The number of benzene rings is 3. The number of hydrogen-bond acceptors (Lipinski definition) is 4. The van der Waals surface area contributed by atoms with Gasteiger partial charge in [0.05, 0.1) is 13.7 Å². The third kappa shape index (κ3) is 6.41. The van der Waals surface area contributed by atoms with Crippen LogP contribution in [0.5, 0.6) is 17.2 Å². The van der Waals surface area contributed by atoms with Gasteiger partial charge in [0.1, 0.15) is 12.4 Å². The SMILES string of the molecule is CCOc1cccc(CNCc2ccccc2OC)c1OCc1ccccc1.Cl. The molecule has 5 heteroatoms. The van der Waals surface area contributed by atoms with Crippen LogP contribution in [0.15, 0.2) is 72.8 Å². The predicted molar refractivity (Wildman–Crippen MR) is 119 cm³/mol. The van der Waals surface area contributed by atoms with Gasteiger partial charge in [0.2, 0.25) is 0 Å². The van der Waals surface area contributed by atoms with Gasteiger partial charge in [-0.25, -0.2) is 0 Å². The molecule has 3 rings (SSSR count). The molecule has 154 valence electrons. The van der Waals surface area contributed by atoms with Crippen LogP contribution in [-0.4, -0.2) is 13.7 Å². The van der Waals surface area contributed by atoms with Gasteiger partial charge in [-0.3, -0.25) is 0 Å². The molecule has 0 aliphatic heterocycles. The van der Waals surface area contributed by atoms with Gasteiger partial charge in [-0.15, -0.1) is 12.4 Å². The van der Waals surface area contributed by atoms with Crippen molar-refractivity contribution >= 4 is 12.4 Å². The highest BCUT2D eigenvalue weighted by Gasteiger charge is 2.12. The fourth-order valence-electron chi connectivity index (χ4n) is 3.04. The van der Waals surface area contributed by atoms with Gasteiger partial charge in [-0.05, 0) is 24.6 Å². The van der Waals surface area contributed by atoms with E-state index in [-0.39, 0.29) is 12.4 Å². The van der Waals surface area contributed by atoms with Gasteiger partial charge in [0.15, 0.2) is 11.5 Å². The Morgan fingerprint density at radius 1 is 0.724 bits per heavy atom. The Bertz CT molecular complexity index is 871. The van der Waals surface area contributed by atoms with Gasteiger partial charge in [-0.1, -0.05) is 60.7 Å². The number of nitrogens with one attached hydrogen (secondary N) is 1. The van der Waals surface area contributed by atoms with Crippen LogP contribution in [0.25, 0.3) is 0 Å². The molecule has 0 spiro atoms. The second kappa shape index (κ2) is 12.0. The zero-order chi connectivity index (χ0) is 19.6. The maximum absolute atomic E-state index is 6.16. The van der Waals surface area contributed by atoms with Crippen molar-refractivity contribution in [3.63, 3.8) is 0 Å². The third-order valence-corrected chi connectivity index (χ3v) is 4.41. The molecule has 0 saturated heterocycles. The zero-order valence-electron chi connectivity index (χ0n) is 16.9. The van der Waals surface area contributed by atoms with Gasteiger partial charge < -0.3 is 19.5 Å². The average molecular weight is 414 g/mol. The molecule has 0 atom stereocenters. The first kappa shape index (κ1) is 22.6. The van der Waals surface area contributed by atoms with Crippen LogP contribution < -0.4 is 19.5 Å². The Morgan fingerprint density at radius 2 is 1.38 bits per heavy atom. The van der Waals surface area contributed by atoms with Crippen molar-refractivity contribution in [2.45, 2.75) is 26.6 Å². The molecule has 3 aromatic rings. The molecule has 29 heavy (non-hydrogen) atoms. The lowest BCUT2D eigenvalue weighted by Gasteiger charge is -2.17. The average Bonchev–Trinajstić information content (AvgIpc) is 2.74. The summed E-state index contributed by atoms with van der Waals surface area (Å²) in [5.74, 6) is 2.45. The molecule has 0 radical (unpaired) electrons. The van der Waals surface area contributed by atoms with E-state index in [2.05, 4.69) is 29.6 Å². The number of rotatable bonds is 10. The fraction of sp³-hybridized carbons (Fsp3) is 0.250. The van der Waals surface area contributed by atoms with E-state index in [1.807, 2.05) is 55.5 Å². The molecule has 0 fully saturated rings. The maximum Gasteiger partial charge on any atom is 0.166 e. The lowest BCUT2D eigenvalue weighted by molar-refractivity contribution is 0.266. The van der Waals surface area contributed by atoms with Crippen molar-refractivity contribution < 1.29 is 14.2 Å². The van der Waals surface area contributed by atoms with Crippen molar-refractivity contribution in [3.8, 4) is 17.2 Å². The van der Waals surface area contributed by atoms with Crippen molar-refractivity contribution in [1.82, 2.24) is 5.32 Å². The van der Waals surface area contributed by atoms with Crippen molar-refractivity contribution in [2.24, 2.45) is 0 Å². The molecule has 3 aromatic carbocycles. The summed E-state index contributed by atoms with van der Waals surface area (Å²) in [6.07, 6.45) is 0. The Labute approximate surface area is 179 Å². The predicted octanol–water partition coefficient (Wildman–Crippen LogP) is 5.38. The van der Waals surface area contributed by atoms with Gasteiger partial charge >= 0.3 is 0 Å². The van der Waals surface area contributed by atoms with Crippen LogP contribution in [0.1, 0.15) is 23.6 Å². The molecule has 0 bridgehead atoms. The molecule has 0 unspecified atom stereocenters. The fourth-order valence-corrected chi connectivity index (χ4v) is 3.04. The topological polar surface area (TPSA) is 39.7 Å². The first-order chi connectivity index (χ1) is 13.8. The Kier molecular flexibility index (Phi) is 9.35. The second-order valence-electron chi connectivity index (χ2n) is 6.37. The summed E-state index contributed by atoms with van der Waals surface area (Å²) < 4.78 is 17.4. The molecule has 0 amide bonds. The highest BCUT2D eigenvalue weighted by Crippen LogP contribution is 2.32. The first-order valence-electron chi connectivity index (χ1n) is 9.55. The van der Waals surface area contributed by atoms with Crippen LogP contribution in [0.4, 0.5) is 0 Å². The third-order valence-electron chi connectivity index (χ3n) is 4.41. The Hall–Kier alpha value is -2.69. The summed E-state index contributed by atoms with van der Waals surface area (Å²) in [6, 6.07) is 24.2. The Morgan fingerprint density at radius 3 is 2.14 bits per heavy atom. The standard InChI is InChI=1S/C24H27NO3.ClH/c1-3-27-23-15-9-13-21(24(23)28-18-19-10-5-4-6-11-19)17-25-16-20-12-7-8-14-22(20)26-2;/h4-15,25H,3,16-18H2,1-2H3;1H. The number of ether oxygens (including phenoxy) is 3. The van der Waals surface area contributed by atoms with E-state index in [0.29, 0.717) is 26.3 Å². The van der Waals surface area contributed by atoms with Crippen molar-refractivity contribution in [3.05, 3.63) is 89.5 Å². The highest BCUT2D eigenvalue weighted by atomic mass is 35.5. The molecule has 0 aliphatic carbocycles. The summed E-state index contributed by atoms with van der Waals surface area (Å²) in [5, 5.41) is 3.49. The van der Waals surface area contributed by atoms with Crippen LogP contribution in [0.3, 0.4) is 0 Å². The summed E-state index contributed by atoms with van der Waals surface area (Å²) in [4.78, 5) is 0. The number of methoxy groups -OCH3 is 1. The van der Waals surface area contributed by atoms with E-state index in [1.54, 1.807) is 7.11 Å². The van der Waals surface area contributed by atoms with E-state index >= 15 is 0 Å². The summed E-state index contributed by atoms with van der Waals surface area (Å²) in [7, 11) is 1.69. The smallest absolute Gasteiger partial charge is 0.166 e. The van der Waals surface area contributed by atoms with E-state index in [0.717, 1.165) is 33.9 Å². The minimum atomic E-state index is 0. The Balaban J connectivity index is 0.00000300. The molecule has 0 heterocycles. The molecule has 0 aliphatic rings. The molecule has 1 N–H and O–H groups in total. The lowest BCUT2D eigenvalue weighted by atomic mass is 10.1. The molecular formula is C24H28ClNO3. The van der Waals surface area contributed by atoms with Gasteiger partial charge in [0, 0.05) is 24.2 Å². The number of halogens is 1. The molecular weight excluding hydrogens is 386 g/mol. The van der Waals surface area contributed by atoms with E-state index in [4.69, 9.17) is 14.2 Å². The highest BCUT2D eigenvalue weighted by molar-refractivity contribution is 5.85. The maximum atomic E-state index is 6.16. The quantitative estimate of drug-likeness (QED) is 0.484. The number of hydrogen-bond donors (Lipinski definition) is 1. The van der Waals surface area contributed by atoms with Gasteiger partial charge in [0.25, 0.3) is 0 Å². The summed E-state index contributed by atoms with van der Waals surface area (Å²) in [5.41, 5.74) is 3.32. The van der Waals surface area contributed by atoms with Crippen LogP contribution in [-0.2, 0) is 19.7 Å². The minimum Gasteiger partial charge on any atom is -0.496 e. The largest absolute Gasteiger partial charge is 0.496 e. The number of para-hydroxylation sites is 2. The monoisotopic (exact) mass is 413 g/mol. The lowest BCUT2D eigenvalue weighted by Crippen LogP contribution is -2.14. The zero-order valence-corrected chi connectivity index (χ0v) is 17.7. The van der Waals surface area contributed by atoms with Crippen molar-refractivity contribution in [1.29, 1.82) is 0 Å². The first-order valence-corrected chi connectivity index (χ1v) is 9.55. The van der Waals surface area contributed by atoms with E-state index < -0.39 is 0 Å². The summed E-state index contributed by atoms with van der Waals surface area (Å²) in [6.45, 7) is 4.46. The van der Waals surface area contributed by atoms with Crippen molar-refractivity contribution in [2.75, 3.05) is 13.7 Å². The van der Waals surface area contributed by atoms with Crippen LogP contribution in [0, 0.1) is 0 Å². The summed E-state index contributed by atoms with van der Waals surface area (Å²) >= 11 is 0.